The van der Waals surface area contributed by atoms with Crippen LogP contribution in [0.5, 0.6) is 5.75 Å². The van der Waals surface area contributed by atoms with E-state index in [1.807, 2.05) is 29.6 Å². The molecule has 0 saturated carbocycles. The fraction of sp³-hybridized carbons (Fsp3) is 0.600. The Morgan fingerprint density at radius 1 is 1.10 bits per heavy atom. The number of carbonyl (C=O) groups excluding carboxylic acids is 2. The van der Waals surface area contributed by atoms with Crippen LogP contribution in [0.2, 0.25) is 0 Å². The zero-order valence-corrected chi connectivity index (χ0v) is 16.9. The van der Waals surface area contributed by atoms with Gasteiger partial charge in [-0.05, 0) is 49.9 Å². The first kappa shape index (κ1) is 22.0. The minimum absolute atomic E-state index is 0.0357. The zero-order valence-electron chi connectivity index (χ0n) is 16.9. The third kappa shape index (κ3) is 5.70. The van der Waals surface area contributed by atoms with Crippen molar-refractivity contribution < 1.29 is 27.5 Å². The van der Waals surface area contributed by atoms with Crippen molar-refractivity contribution in [2.24, 2.45) is 0 Å². The molecule has 1 aromatic rings. The predicted molar refractivity (Wildman–Crippen MR) is 106 cm³/mol. The molecule has 30 heavy (non-hydrogen) atoms. The summed E-state index contributed by atoms with van der Waals surface area (Å²) in [5, 5.41) is 4.83. The van der Waals surface area contributed by atoms with Crippen molar-refractivity contribution in [2.45, 2.75) is 43.9 Å². The Morgan fingerprint density at radius 2 is 1.77 bits per heavy atom. The Balaban J connectivity index is 1.48. The van der Waals surface area contributed by atoms with Crippen LogP contribution in [-0.4, -0.2) is 68.4 Å². The monoisotopic (exact) mass is 428 g/mol. The first-order valence-corrected chi connectivity index (χ1v) is 10.1. The van der Waals surface area contributed by atoms with Gasteiger partial charge in [-0.15, -0.1) is 0 Å². The van der Waals surface area contributed by atoms with E-state index in [9.17, 15) is 22.8 Å². The number of halogens is 3. The highest BCUT2D eigenvalue weighted by Gasteiger charge is 2.37. The van der Waals surface area contributed by atoms with Gasteiger partial charge >= 0.3 is 12.2 Å². The van der Waals surface area contributed by atoms with E-state index in [0.29, 0.717) is 19.4 Å². The summed E-state index contributed by atoms with van der Waals surface area (Å²) in [6, 6.07) is 6.51. The van der Waals surface area contributed by atoms with Gasteiger partial charge in [-0.2, -0.15) is 13.2 Å². The molecule has 1 aromatic carbocycles. The lowest BCUT2D eigenvalue weighted by molar-refractivity contribution is -0.140. The highest BCUT2D eigenvalue weighted by atomic mass is 19.4. The van der Waals surface area contributed by atoms with E-state index >= 15 is 0 Å². The molecule has 3 amide bonds. The Hall–Kier alpha value is -2.65. The molecule has 0 aliphatic carbocycles. The number of nitrogens with zero attached hydrogens (tertiary/aromatic N) is 2. The van der Waals surface area contributed by atoms with Crippen LogP contribution in [0.15, 0.2) is 24.3 Å². The molecule has 0 aromatic heterocycles. The van der Waals surface area contributed by atoms with E-state index < -0.39 is 24.7 Å². The summed E-state index contributed by atoms with van der Waals surface area (Å²) in [5.41, 5.74) is 1.08. The molecule has 2 saturated heterocycles. The molecule has 2 heterocycles. The topological polar surface area (TPSA) is 73.9 Å². The van der Waals surface area contributed by atoms with E-state index in [4.69, 9.17) is 4.74 Å². The summed E-state index contributed by atoms with van der Waals surface area (Å²) in [6.07, 6.45) is -2.02. The minimum Gasteiger partial charge on any atom is -0.497 e. The fourth-order valence-corrected chi connectivity index (χ4v) is 3.92. The zero-order chi connectivity index (χ0) is 21.7. The number of anilines is 1. The molecule has 10 heteroatoms. The van der Waals surface area contributed by atoms with Crippen LogP contribution in [0.1, 0.15) is 25.7 Å². The Labute approximate surface area is 173 Å². The second-order valence-electron chi connectivity index (χ2n) is 7.59. The van der Waals surface area contributed by atoms with Crippen LogP contribution < -0.4 is 20.3 Å². The summed E-state index contributed by atoms with van der Waals surface area (Å²) < 4.78 is 42.2. The smallest absolute Gasteiger partial charge is 0.405 e. The van der Waals surface area contributed by atoms with Crippen LogP contribution >= 0.6 is 0 Å². The maximum atomic E-state index is 12.6. The number of hydrogen-bond acceptors (Lipinski definition) is 4. The molecule has 7 nitrogen and oxygen atoms in total. The van der Waals surface area contributed by atoms with Crippen LogP contribution in [0.25, 0.3) is 0 Å². The van der Waals surface area contributed by atoms with E-state index in [-0.39, 0.29) is 12.1 Å². The standard InChI is InChI=1S/C20H27F3N4O3/c1-30-16-6-4-15(5-7-16)26-11-8-14(9-12-26)25-19(29)27-10-2-3-17(27)18(28)24-13-20(21,22)23/h4-7,14,17H,2-3,8-13H2,1H3,(H,24,28)(H,25,29). The molecule has 1 atom stereocenters. The molecule has 0 spiro atoms. The molecule has 2 N–H and O–H groups in total. The number of urea groups is 1. The van der Waals surface area contributed by atoms with Gasteiger partial charge in [0.15, 0.2) is 0 Å². The lowest BCUT2D eigenvalue weighted by Gasteiger charge is -2.35. The lowest BCUT2D eigenvalue weighted by Crippen LogP contribution is -2.54. The van der Waals surface area contributed by atoms with Crippen LogP contribution in [0.4, 0.5) is 23.7 Å². The molecule has 3 rings (SSSR count). The van der Waals surface area contributed by atoms with Gasteiger partial charge in [0.25, 0.3) is 0 Å². The molecule has 2 aliphatic heterocycles. The van der Waals surface area contributed by atoms with Crippen molar-refractivity contribution in [3.05, 3.63) is 24.3 Å². The average molecular weight is 428 g/mol. The SMILES string of the molecule is COc1ccc(N2CCC(NC(=O)N3CCCC3C(=O)NCC(F)(F)F)CC2)cc1. The normalized spacial score (nSPS) is 20.2. The Kier molecular flexibility index (Phi) is 6.94. The number of ether oxygens (including phenoxy) is 1. The molecule has 1 unspecified atom stereocenters. The van der Waals surface area contributed by atoms with Gasteiger partial charge in [-0.25, -0.2) is 4.79 Å². The molecule has 2 aliphatic rings. The number of amides is 3. The second kappa shape index (κ2) is 9.44. The number of benzene rings is 1. The molecular weight excluding hydrogens is 401 g/mol. The third-order valence-electron chi connectivity index (χ3n) is 5.54. The van der Waals surface area contributed by atoms with Crippen molar-refractivity contribution in [1.29, 1.82) is 0 Å². The maximum absolute atomic E-state index is 12.6. The first-order valence-electron chi connectivity index (χ1n) is 10.1. The number of piperidine rings is 1. The van der Waals surface area contributed by atoms with Gasteiger partial charge in [0.1, 0.15) is 18.3 Å². The van der Waals surface area contributed by atoms with Crippen molar-refractivity contribution in [3.8, 4) is 5.75 Å². The molecule has 166 valence electrons. The molecular formula is C20H27F3N4O3. The molecule has 0 bridgehead atoms. The number of rotatable bonds is 5. The van der Waals surface area contributed by atoms with Crippen molar-refractivity contribution in [1.82, 2.24) is 15.5 Å². The summed E-state index contributed by atoms with van der Waals surface area (Å²) in [4.78, 5) is 28.3. The number of carbonyl (C=O) groups is 2. The fourth-order valence-electron chi connectivity index (χ4n) is 3.92. The van der Waals surface area contributed by atoms with Crippen LogP contribution in [-0.2, 0) is 4.79 Å². The van der Waals surface area contributed by atoms with E-state index in [0.717, 1.165) is 37.4 Å². The summed E-state index contributed by atoms with van der Waals surface area (Å²) >= 11 is 0. The van der Waals surface area contributed by atoms with Crippen molar-refractivity contribution >= 4 is 17.6 Å². The number of likely N-dealkylation sites (tertiary alicyclic amines) is 1. The van der Waals surface area contributed by atoms with Crippen molar-refractivity contribution in [3.63, 3.8) is 0 Å². The summed E-state index contributed by atoms with van der Waals surface area (Å²) in [5.74, 6) is 0.0367. The number of nitrogens with one attached hydrogen (secondary N) is 2. The third-order valence-corrected chi connectivity index (χ3v) is 5.54. The summed E-state index contributed by atoms with van der Waals surface area (Å²) in [6.45, 7) is 0.516. The summed E-state index contributed by atoms with van der Waals surface area (Å²) in [7, 11) is 1.62. The number of methoxy groups -OCH3 is 1. The molecule has 2 fully saturated rings. The van der Waals surface area contributed by atoms with Gasteiger partial charge in [-0.1, -0.05) is 0 Å². The van der Waals surface area contributed by atoms with Gasteiger partial charge in [0.05, 0.1) is 7.11 Å². The van der Waals surface area contributed by atoms with Crippen LogP contribution in [0.3, 0.4) is 0 Å². The highest BCUT2D eigenvalue weighted by molar-refractivity contribution is 5.87. The van der Waals surface area contributed by atoms with Crippen molar-refractivity contribution in [2.75, 3.05) is 38.2 Å². The highest BCUT2D eigenvalue weighted by Crippen LogP contribution is 2.24. The van der Waals surface area contributed by atoms with E-state index in [1.165, 1.54) is 4.90 Å². The average Bonchev–Trinajstić information content (AvgIpc) is 3.22. The van der Waals surface area contributed by atoms with Gasteiger partial charge in [0.2, 0.25) is 5.91 Å². The Morgan fingerprint density at radius 3 is 2.37 bits per heavy atom. The molecule has 0 radical (unpaired) electrons. The van der Waals surface area contributed by atoms with Gasteiger partial charge in [0, 0.05) is 31.4 Å². The Bertz CT molecular complexity index is 734. The quantitative estimate of drug-likeness (QED) is 0.756. The van der Waals surface area contributed by atoms with Crippen LogP contribution in [0, 0.1) is 0 Å². The van der Waals surface area contributed by atoms with Gasteiger partial charge in [-0.3, -0.25) is 4.79 Å². The van der Waals surface area contributed by atoms with E-state index in [2.05, 4.69) is 10.2 Å². The second-order valence-corrected chi connectivity index (χ2v) is 7.59. The number of alkyl halides is 3. The largest absolute Gasteiger partial charge is 0.497 e. The van der Waals surface area contributed by atoms with E-state index in [1.54, 1.807) is 7.11 Å². The minimum atomic E-state index is -4.47. The predicted octanol–water partition coefficient (Wildman–Crippen LogP) is 2.52. The maximum Gasteiger partial charge on any atom is 0.405 e. The lowest BCUT2D eigenvalue weighted by atomic mass is 10.0. The van der Waals surface area contributed by atoms with Gasteiger partial charge < -0.3 is 25.2 Å². The number of hydrogen-bond donors (Lipinski definition) is 2. The first-order chi connectivity index (χ1) is 14.3.